The van der Waals surface area contributed by atoms with Crippen LogP contribution in [0.5, 0.6) is 0 Å². The van der Waals surface area contributed by atoms with E-state index in [4.69, 9.17) is 0 Å². The van der Waals surface area contributed by atoms with Gasteiger partial charge in [-0.1, -0.05) is 244 Å². The van der Waals surface area contributed by atoms with Crippen LogP contribution in [-0.4, -0.2) is 34.9 Å². The van der Waals surface area contributed by atoms with Gasteiger partial charge in [-0.2, -0.15) is 0 Å². The average Bonchev–Trinajstić information content (AvgIpc) is 3.18. The Hall–Kier alpha value is -1.13. The van der Waals surface area contributed by atoms with E-state index in [9.17, 15) is 15.0 Å². The molecule has 0 aliphatic heterocycles. The molecule has 320 valence electrons. The number of amides is 1. The lowest BCUT2D eigenvalue weighted by Gasteiger charge is -2.20. The van der Waals surface area contributed by atoms with Crippen molar-refractivity contribution in [1.29, 1.82) is 0 Å². The number of carbonyl (C=O) groups excluding carboxylic acids is 1. The molecule has 3 N–H and O–H groups in total. The van der Waals surface area contributed by atoms with Crippen LogP contribution in [0.4, 0.5) is 0 Å². The Kier molecular flexibility index (Phi) is 45.3. The van der Waals surface area contributed by atoms with Crippen molar-refractivity contribution in [2.24, 2.45) is 0 Å². The summed E-state index contributed by atoms with van der Waals surface area (Å²) in [5, 5.41) is 23.1. The van der Waals surface area contributed by atoms with Gasteiger partial charge in [-0.15, -0.1) is 0 Å². The van der Waals surface area contributed by atoms with Gasteiger partial charge in [0.1, 0.15) is 0 Å². The maximum absolute atomic E-state index is 12.4. The molecule has 54 heavy (non-hydrogen) atoms. The largest absolute Gasteiger partial charge is 0.394 e. The fourth-order valence-corrected chi connectivity index (χ4v) is 7.65. The Morgan fingerprint density at radius 2 is 0.704 bits per heavy atom. The van der Waals surface area contributed by atoms with E-state index >= 15 is 0 Å². The van der Waals surface area contributed by atoms with Crippen LogP contribution >= 0.6 is 0 Å². The van der Waals surface area contributed by atoms with Gasteiger partial charge in [0.15, 0.2) is 0 Å². The van der Waals surface area contributed by atoms with Crippen molar-refractivity contribution in [3.8, 4) is 0 Å². The van der Waals surface area contributed by atoms with Crippen LogP contribution in [0.25, 0.3) is 0 Å². The second-order valence-electron chi connectivity index (χ2n) is 16.9. The van der Waals surface area contributed by atoms with Crippen LogP contribution in [0.15, 0.2) is 24.3 Å². The maximum atomic E-state index is 12.4. The third-order valence-corrected chi connectivity index (χ3v) is 11.4. The van der Waals surface area contributed by atoms with Crippen molar-refractivity contribution in [3.05, 3.63) is 24.3 Å². The number of allylic oxidation sites excluding steroid dienone is 3. The lowest BCUT2D eigenvalue weighted by atomic mass is 10.0. The minimum Gasteiger partial charge on any atom is -0.394 e. The molecule has 0 aliphatic carbocycles. The van der Waals surface area contributed by atoms with Gasteiger partial charge < -0.3 is 15.5 Å². The number of nitrogens with one attached hydrogen (secondary N) is 1. The molecule has 0 fully saturated rings. The van der Waals surface area contributed by atoms with Gasteiger partial charge in [0.05, 0.1) is 18.8 Å². The second-order valence-corrected chi connectivity index (χ2v) is 16.9. The molecule has 0 aromatic heterocycles. The van der Waals surface area contributed by atoms with Crippen LogP contribution in [-0.2, 0) is 4.79 Å². The summed E-state index contributed by atoms with van der Waals surface area (Å²) in [4.78, 5) is 12.4. The first-order chi connectivity index (χ1) is 26.7. The number of carbonyl (C=O) groups is 1. The van der Waals surface area contributed by atoms with Crippen LogP contribution in [0.1, 0.15) is 271 Å². The molecule has 0 aromatic rings. The molecule has 1 amide bonds. The first kappa shape index (κ1) is 52.9. The Labute approximate surface area is 339 Å². The first-order valence-electron chi connectivity index (χ1n) is 24.6. The Morgan fingerprint density at radius 1 is 0.426 bits per heavy atom. The summed E-state index contributed by atoms with van der Waals surface area (Å²) in [6, 6.07) is -0.622. The maximum Gasteiger partial charge on any atom is 0.220 e. The predicted octanol–water partition coefficient (Wildman–Crippen LogP) is 15.6. The van der Waals surface area contributed by atoms with Crippen molar-refractivity contribution >= 4 is 5.91 Å². The summed E-state index contributed by atoms with van der Waals surface area (Å²) < 4.78 is 0. The minimum atomic E-state index is -0.839. The van der Waals surface area contributed by atoms with Gasteiger partial charge in [0.25, 0.3) is 0 Å². The van der Waals surface area contributed by atoms with Crippen LogP contribution in [0.3, 0.4) is 0 Å². The van der Waals surface area contributed by atoms with E-state index in [1.54, 1.807) is 6.08 Å². The van der Waals surface area contributed by atoms with Crippen molar-refractivity contribution in [2.75, 3.05) is 6.61 Å². The molecule has 0 radical (unpaired) electrons. The van der Waals surface area contributed by atoms with E-state index in [1.165, 1.54) is 225 Å². The van der Waals surface area contributed by atoms with Gasteiger partial charge in [-0.05, 0) is 44.9 Å². The Morgan fingerprint density at radius 3 is 1.02 bits per heavy atom. The van der Waals surface area contributed by atoms with Gasteiger partial charge in [0, 0.05) is 6.42 Å². The van der Waals surface area contributed by atoms with E-state index in [0.29, 0.717) is 6.42 Å². The van der Waals surface area contributed by atoms with Crippen LogP contribution < -0.4 is 5.32 Å². The highest BCUT2D eigenvalue weighted by atomic mass is 16.3. The van der Waals surface area contributed by atoms with Crippen molar-refractivity contribution in [1.82, 2.24) is 5.32 Å². The van der Waals surface area contributed by atoms with Gasteiger partial charge >= 0.3 is 0 Å². The molecule has 0 aliphatic rings. The first-order valence-corrected chi connectivity index (χ1v) is 24.6. The molecule has 0 heterocycles. The standard InChI is InChI=1S/C50H97NO3/c1-3-5-7-9-11-13-15-17-19-21-22-23-24-25-26-27-28-30-31-33-35-37-39-41-43-45-49(53)48(47-52)51-50(54)46-44-42-40-38-36-34-32-29-20-18-16-14-12-10-8-6-4-2/h18,20,43,45,48-49,52-53H,3-17,19,21-42,44,46-47H2,1-2H3,(H,51,54)/b20-18-,45-43+. The molecule has 4 heteroatoms. The van der Waals surface area contributed by atoms with E-state index in [-0.39, 0.29) is 12.5 Å². The highest BCUT2D eigenvalue weighted by Gasteiger charge is 2.18. The molecule has 4 nitrogen and oxygen atoms in total. The van der Waals surface area contributed by atoms with E-state index < -0.39 is 12.1 Å². The minimum absolute atomic E-state index is 0.0657. The van der Waals surface area contributed by atoms with Crippen molar-refractivity contribution < 1.29 is 15.0 Å². The number of aliphatic hydroxyl groups excluding tert-OH is 2. The van der Waals surface area contributed by atoms with Crippen molar-refractivity contribution in [3.63, 3.8) is 0 Å². The summed E-state index contributed by atoms with van der Waals surface area (Å²) in [5.41, 5.74) is 0. The van der Waals surface area contributed by atoms with Crippen LogP contribution in [0.2, 0.25) is 0 Å². The average molecular weight is 760 g/mol. The highest BCUT2D eigenvalue weighted by Crippen LogP contribution is 2.16. The van der Waals surface area contributed by atoms with E-state index in [2.05, 4.69) is 31.3 Å². The topological polar surface area (TPSA) is 69.6 Å². The second kappa shape index (κ2) is 46.3. The zero-order chi connectivity index (χ0) is 39.3. The number of hydrogen-bond acceptors (Lipinski definition) is 3. The molecular formula is C50H97NO3. The molecule has 2 unspecified atom stereocenters. The van der Waals surface area contributed by atoms with E-state index in [0.717, 1.165) is 25.7 Å². The quantitative estimate of drug-likeness (QED) is 0.0428. The summed E-state index contributed by atoms with van der Waals surface area (Å²) in [5.74, 6) is -0.0657. The molecule has 0 spiro atoms. The number of rotatable bonds is 45. The lowest BCUT2D eigenvalue weighted by molar-refractivity contribution is -0.123. The molecule has 0 aromatic carbocycles. The molecule has 0 rings (SSSR count). The molecule has 2 atom stereocenters. The number of unbranched alkanes of at least 4 members (excludes halogenated alkanes) is 36. The van der Waals surface area contributed by atoms with Crippen LogP contribution in [0, 0.1) is 0 Å². The molecule has 0 bridgehead atoms. The summed E-state index contributed by atoms with van der Waals surface area (Å²) in [7, 11) is 0. The fourth-order valence-electron chi connectivity index (χ4n) is 7.65. The van der Waals surface area contributed by atoms with Gasteiger partial charge in [-0.3, -0.25) is 4.79 Å². The predicted molar refractivity (Wildman–Crippen MR) is 239 cm³/mol. The van der Waals surface area contributed by atoms with Crippen molar-refractivity contribution in [2.45, 2.75) is 283 Å². The molecule has 0 saturated carbocycles. The zero-order valence-electron chi connectivity index (χ0n) is 36.8. The zero-order valence-corrected chi connectivity index (χ0v) is 36.8. The third kappa shape index (κ3) is 42.0. The Balaban J connectivity index is 3.50. The third-order valence-electron chi connectivity index (χ3n) is 11.4. The Bertz CT molecular complexity index is 780. The van der Waals surface area contributed by atoms with Gasteiger partial charge in [-0.25, -0.2) is 0 Å². The normalized spacial score (nSPS) is 13.0. The monoisotopic (exact) mass is 760 g/mol. The fraction of sp³-hybridized carbons (Fsp3) is 0.900. The highest BCUT2D eigenvalue weighted by molar-refractivity contribution is 5.76. The molecule has 0 saturated heterocycles. The smallest absolute Gasteiger partial charge is 0.220 e. The summed E-state index contributed by atoms with van der Waals surface area (Å²) >= 11 is 0. The number of hydrogen-bond donors (Lipinski definition) is 3. The number of aliphatic hydroxyl groups is 2. The van der Waals surface area contributed by atoms with Gasteiger partial charge in [0.2, 0.25) is 5.91 Å². The SMILES string of the molecule is CCCCCCCC/C=C\CCCCCCCCCC(=O)NC(CO)C(O)/C=C/CCCCCCCCCCCCCCCCCCCCCCCCC. The molecular weight excluding hydrogens is 663 g/mol. The lowest BCUT2D eigenvalue weighted by Crippen LogP contribution is -2.45. The summed E-state index contributed by atoms with van der Waals surface area (Å²) in [6.07, 6.45) is 60.2. The van der Waals surface area contributed by atoms with E-state index in [1.807, 2.05) is 6.08 Å². The summed E-state index contributed by atoms with van der Waals surface area (Å²) in [6.45, 7) is 4.32.